The lowest BCUT2D eigenvalue weighted by Crippen LogP contribution is -2.50. The first-order valence-corrected chi connectivity index (χ1v) is 13.2. The number of hydrogen-bond acceptors (Lipinski definition) is 8. The first-order chi connectivity index (χ1) is 14.2. The molecule has 2 fully saturated rings. The van der Waals surface area contributed by atoms with Crippen LogP contribution >= 0.6 is 22.9 Å². The number of halogens is 1. The SMILES string of the molecule is C[C@H]1C[C@@]2(C[C@@H](c3cn(CC4CCS(=O)(=O)C4)nn3)N1)OC[C@@H](O)c1cc(Cl)sc12. The smallest absolute Gasteiger partial charge is 0.150 e. The van der Waals surface area contributed by atoms with Crippen molar-refractivity contribution < 1.29 is 18.3 Å². The fraction of sp³-hybridized carbons (Fsp3) is 0.684. The van der Waals surface area contributed by atoms with Gasteiger partial charge in [-0.1, -0.05) is 16.8 Å². The van der Waals surface area contributed by atoms with Crippen molar-refractivity contribution in [2.45, 2.75) is 56.5 Å². The number of ether oxygens (including phenoxy) is 1. The van der Waals surface area contributed by atoms with Crippen LogP contribution in [0.15, 0.2) is 12.3 Å². The van der Waals surface area contributed by atoms with E-state index >= 15 is 0 Å². The molecule has 3 aliphatic rings. The summed E-state index contributed by atoms with van der Waals surface area (Å²) in [6.45, 7) is 2.93. The zero-order chi connectivity index (χ0) is 21.1. The summed E-state index contributed by atoms with van der Waals surface area (Å²) in [5.41, 5.74) is 1.18. The Balaban J connectivity index is 1.38. The third-order valence-corrected chi connectivity index (χ3v) is 9.66. The molecule has 30 heavy (non-hydrogen) atoms. The van der Waals surface area contributed by atoms with Gasteiger partial charge in [-0.3, -0.25) is 4.68 Å². The zero-order valence-corrected chi connectivity index (χ0v) is 19.0. The van der Waals surface area contributed by atoms with Crippen LogP contribution < -0.4 is 5.32 Å². The third kappa shape index (κ3) is 3.82. The molecule has 0 aliphatic carbocycles. The lowest BCUT2D eigenvalue weighted by molar-refractivity contribution is -0.129. The maximum absolute atomic E-state index is 11.7. The molecule has 0 saturated carbocycles. The van der Waals surface area contributed by atoms with Gasteiger partial charge in [-0.2, -0.15) is 0 Å². The zero-order valence-electron chi connectivity index (χ0n) is 16.6. The lowest BCUT2D eigenvalue weighted by Gasteiger charge is -2.46. The molecule has 2 N–H and O–H groups in total. The Bertz CT molecular complexity index is 1050. The molecule has 5 atom stereocenters. The molecule has 2 aromatic rings. The summed E-state index contributed by atoms with van der Waals surface area (Å²) < 4.78 is 32.1. The van der Waals surface area contributed by atoms with Crippen molar-refractivity contribution in [1.82, 2.24) is 20.3 Å². The highest BCUT2D eigenvalue weighted by molar-refractivity contribution is 7.91. The summed E-state index contributed by atoms with van der Waals surface area (Å²) in [5.74, 6) is 0.577. The summed E-state index contributed by atoms with van der Waals surface area (Å²) in [6, 6.07) is 1.97. The second kappa shape index (κ2) is 7.53. The molecule has 11 heteroatoms. The molecule has 1 unspecified atom stereocenters. The van der Waals surface area contributed by atoms with Gasteiger partial charge in [-0.25, -0.2) is 8.42 Å². The number of piperidine rings is 1. The molecule has 0 radical (unpaired) electrons. The minimum Gasteiger partial charge on any atom is -0.386 e. The van der Waals surface area contributed by atoms with Crippen molar-refractivity contribution in [3.8, 4) is 0 Å². The largest absolute Gasteiger partial charge is 0.386 e. The van der Waals surface area contributed by atoms with E-state index in [2.05, 4.69) is 22.6 Å². The number of nitrogens with one attached hydrogen (secondary N) is 1. The van der Waals surface area contributed by atoms with E-state index in [1.54, 1.807) is 4.68 Å². The van der Waals surface area contributed by atoms with Crippen molar-refractivity contribution in [2.24, 2.45) is 5.92 Å². The predicted molar refractivity (Wildman–Crippen MR) is 113 cm³/mol. The van der Waals surface area contributed by atoms with Crippen molar-refractivity contribution in [3.63, 3.8) is 0 Å². The molecule has 0 amide bonds. The molecular formula is C19H25ClN4O4S2. The first kappa shape index (κ1) is 20.8. The molecule has 5 heterocycles. The first-order valence-electron chi connectivity index (χ1n) is 10.2. The standard InChI is InChI=1S/C19H25ClN4O4S2/c1-11-5-19(18-13(4-17(20)29-18)16(25)9-28-19)6-14(21-11)15-8-24(23-22-15)7-12-2-3-30(26,27)10-12/h4,8,11-12,14,16,21,25H,2-3,5-7,9-10H2,1H3/t11-,12?,14-,16+,19-/m0/s1. The summed E-state index contributed by atoms with van der Waals surface area (Å²) in [7, 11) is -2.91. The van der Waals surface area contributed by atoms with Gasteiger partial charge in [0.2, 0.25) is 0 Å². The average molecular weight is 473 g/mol. The van der Waals surface area contributed by atoms with Crippen LogP contribution in [0.1, 0.15) is 54.5 Å². The van der Waals surface area contributed by atoms with E-state index in [1.165, 1.54) is 11.3 Å². The van der Waals surface area contributed by atoms with E-state index in [0.717, 1.165) is 22.6 Å². The van der Waals surface area contributed by atoms with Crippen LogP contribution in [0.3, 0.4) is 0 Å². The van der Waals surface area contributed by atoms with Crippen molar-refractivity contribution in [1.29, 1.82) is 0 Å². The number of thiophene rings is 1. The minimum absolute atomic E-state index is 0.0567. The van der Waals surface area contributed by atoms with Crippen LogP contribution in [0.5, 0.6) is 0 Å². The molecule has 3 aliphatic heterocycles. The Labute approximate surface area is 184 Å². The van der Waals surface area contributed by atoms with Gasteiger partial charge < -0.3 is 15.2 Å². The number of rotatable bonds is 3. The van der Waals surface area contributed by atoms with Gasteiger partial charge in [0.1, 0.15) is 11.7 Å². The van der Waals surface area contributed by atoms with Crippen LogP contribution in [0.4, 0.5) is 0 Å². The van der Waals surface area contributed by atoms with E-state index in [1.807, 2.05) is 12.3 Å². The Morgan fingerprint density at radius 3 is 3.07 bits per heavy atom. The normalized spacial score (nSPS) is 35.6. The Morgan fingerprint density at radius 1 is 1.47 bits per heavy atom. The van der Waals surface area contributed by atoms with Crippen LogP contribution in [-0.4, -0.2) is 52.7 Å². The molecule has 164 valence electrons. The maximum Gasteiger partial charge on any atom is 0.150 e. The molecule has 2 aromatic heterocycles. The highest BCUT2D eigenvalue weighted by Gasteiger charge is 2.48. The monoisotopic (exact) mass is 472 g/mol. The predicted octanol–water partition coefficient (Wildman–Crippen LogP) is 2.20. The average Bonchev–Trinajstić information content (AvgIpc) is 3.38. The van der Waals surface area contributed by atoms with Crippen molar-refractivity contribution in [3.05, 3.63) is 32.7 Å². The number of nitrogens with zero attached hydrogens (tertiary/aromatic N) is 3. The van der Waals surface area contributed by atoms with Crippen molar-refractivity contribution in [2.75, 3.05) is 18.1 Å². The highest BCUT2D eigenvalue weighted by atomic mass is 35.5. The van der Waals surface area contributed by atoms with E-state index in [9.17, 15) is 13.5 Å². The Kier molecular flexibility index (Phi) is 5.23. The molecule has 0 bridgehead atoms. The molecular weight excluding hydrogens is 448 g/mol. The summed E-state index contributed by atoms with van der Waals surface area (Å²) in [5, 5.41) is 22.6. The third-order valence-electron chi connectivity index (χ3n) is 6.36. The van der Waals surface area contributed by atoms with Crippen LogP contribution in [0.2, 0.25) is 4.34 Å². The second-order valence-electron chi connectivity index (χ2n) is 8.82. The summed E-state index contributed by atoms with van der Waals surface area (Å²) in [6.07, 6.45) is 3.39. The maximum atomic E-state index is 11.7. The fourth-order valence-electron chi connectivity index (χ4n) is 5.08. The van der Waals surface area contributed by atoms with Crippen molar-refractivity contribution >= 4 is 32.8 Å². The van der Waals surface area contributed by atoms with Gasteiger partial charge in [-0.15, -0.1) is 16.4 Å². The van der Waals surface area contributed by atoms with Gasteiger partial charge >= 0.3 is 0 Å². The quantitative estimate of drug-likeness (QED) is 0.705. The number of aliphatic hydroxyl groups excluding tert-OH is 1. The van der Waals surface area contributed by atoms with E-state index in [0.29, 0.717) is 23.7 Å². The molecule has 0 aromatic carbocycles. The number of hydrogen-bond donors (Lipinski definition) is 2. The van der Waals surface area contributed by atoms with Crippen LogP contribution in [0, 0.1) is 5.92 Å². The summed E-state index contributed by atoms with van der Waals surface area (Å²) >= 11 is 7.76. The second-order valence-corrected chi connectivity index (χ2v) is 12.7. The van der Waals surface area contributed by atoms with Gasteiger partial charge in [0.25, 0.3) is 0 Å². The molecule has 5 rings (SSSR count). The number of sulfone groups is 1. The Hall–Kier alpha value is -1.04. The fourth-order valence-corrected chi connectivity index (χ4v) is 8.38. The number of aromatic nitrogens is 3. The van der Waals surface area contributed by atoms with E-state index < -0.39 is 21.5 Å². The van der Waals surface area contributed by atoms with Gasteiger partial charge in [0.15, 0.2) is 9.84 Å². The molecule has 2 saturated heterocycles. The molecule has 8 nitrogen and oxygen atoms in total. The van der Waals surface area contributed by atoms with E-state index in [4.69, 9.17) is 16.3 Å². The lowest BCUT2D eigenvalue weighted by atomic mass is 9.79. The van der Waals surface area contributed by atoms with Gasteiger partial charge in [0.05, 0.1) is 40.4 Å². The summed E-state index contributed by atoms with van der Waals surface area (Å²) in [4.78, 5) is 1.01. The number of fused-ring (bicyclic) bond motifs is 2. The molecule has 1 spiro atoms. The number of aliphatic hydroxyl groups is 1. The van der Waals surface area contributed by atoms with Gasteiger partial charge in [0, 0.05) is 29.4 Å². The van der Waals surface area contributed by atoms with Crippen LogP contribution in [-0.2, 0) is 26.7 Å². The highest BCUT2D eigenvalue weighted by Crippen LogP contribution is 2.51. The van der Waals surface area contributed by atoms with E-state index in [-0.39, 0.29) is 36.1 Å². The Morgan fingerprint density at radius 2 is 2.30 bits per heavy atom. The topological polar surface area (TPSA) is 106 Å². The van der Waals surface area contributed by atoms with Gasteiger partial charge in [-0.05, 0) is 31.7 Å². The van der Waals surface area contributed by atoms with Crippen LogP contribution in [0.25, 0.3) is 0 Å². The minimum atomic E-state index is -2.91.